The summed E-state index contributed by atoms with van der Waals surface area (Å²) >= 11 is 0. The third-order valence-corrected chi connectivity index (χ3v) is 1.55. The summed E-state index contributed by atoms with van der Waals surface area (Å²) < 4.78 is 71.4. The van der Waals surface area contributed by atoms with Crippen molar-refractivity contribution in [2.75, 3.05) is 0 Å². The summed E-state index contributed by atoms with van der Waals surface area (Å²) in [7, 11) is 0. The molecule has 2 nitrogen and oxygen atoms in total. The second-order valence-corrected chi connectivity index (χ2v) is 2.66. The molecule has 0 saturated carbocycles. The van der Waals surface area contributed by atoms with Gasteiger partial charge < -0.3 is 12.9 Å². The molecular weight excluding hydrogens is 252 g/mol. The van der Waals surface area contributed by atoms with E-state index in [9.17, 15) is 26.1 Å². The molecule has 1 heterocycles. The summed E-state index contributed by atoms with van der Waals surface area (Å²) in [5.41, 5.74) is -1.99. The zero-order valence-electron chi connectivity index (χ0n) is 7.82. The van der Waals surface area contributed by atoms with Crippen LogP contribution in [0.15, 0.2) is 6.20 Å². The molecule has 1 rings (SSSR count). The van der Waals surface area contributed by atoms with Gasteiger partial charge in [0.1, 0.15) is 0 Å². The van der Waals surface area contributed by atoms with Crippen LogP contribution in [0, 0.1) is 6.92 Å². The number of hydrogen-bond acceptors (Lipinski definition) is 1. The second-order valence-electron chi connectivity index (χ2n) is 2.66. The van der Waals surface area contributed by atoms with Crippen LogP contribution in [0.3, 0.4) is 0 Å². The number of hydrogen-bond donors (Lipinski definition) is 0. The van der Waals surface area contributed by atoms with Crippen molar-refractivity contribution in [3.05, 3.63) is 11.9 Å². The number of halogens is 6. The molecule has 0 fully saturated rings. The second kappa shape index (κ2) is 4.78. The molecule has 0 bridgehead atoms. The summed E-state index contributed by atoms with van der Waals surface area (Å²) in [5, 5.41) is 2.74. The van der Waals surface area contributed by atoms with Gasteiger partial charge in [-0.25, -0.2) is 0 Å². The first-order chi connectivity index (χ1) is 6.12. The Morgan fingerprint density at radius 1 is 1.27 bits per heavy atom. The Bertz CT molecular complexity index is 342. The first-order valence-electron chi connectivity index (χ1n) is 3.45. The third kappa shape index (κ3) is 3.77. The van der Waals surface area contributed by atoms with Crippen LogP contribution in [-0.4, -0.2) is 16.8 Å². The predicted octanol–water partition coefficient (Wildman–Crippen LogP) is -1.27. The molecule has 0 aliphatic heterocycles. The Hall–Kier alpha value is 0.491. The van der Waals surface area contributed by atoms with Gasteiger partial charge in [0.2, 0.25) is 0 Å². The maximum Gasteiger partial charge on any atom is 1.00 e. The Kier molecular flexibility index (Phi) is 4.94. The smallest absolute Gasteiger partial charge is 0.445 e. The number of rotatable bonds is 1. The van der Waals surface area contributed by atoms with E-state index in [0.29, 0.717) is 0 Å². The fourth-order valence-corrected chi connectivity index (χ4v) is 0.925. The molecule has 0 N–H and O–H groups in total. The quantitative estimate of drug-likeness (QED) is 0.452. The monoisotopic (exact) mass is 256 g/mol. The van der Waals surface area contributed by atoms with Gasteiger partial charge in [-0.1, -0.05) is 5.46 Å². The van der Waals surface area contributed by atoms with E-state index >= 15 is 0 Å². The molecule has 0 unspecified atom stereocenters. The number of nitrogens with zero attached hydrogens (tertiary/aromatic N) is 2. The Morgan fingerprint density at radius 2 is 1.73 bits per heavy atom. The zero-order valence-corrected chi connectivity index (χ0v) is 10.9. The number of aromatic nitrogens is 2. The molecule has 80 valence electrons. The number of alkyl halides is 3. The maximum atomic E-state index is 12.1. The van der Waals surface area contributed by atoms with Crippen LogP contribution in [0.4, 0.5) is 26.1 Å². The largest absolute Gasteiger partial charge is 1.00 e. The van der Waals surface area contributed by atoms with Gasteiger partial charge in [-0.2, -0.15) is 9.78 Å². The number of aryl methyl sites for hydroxylation is 1. The van der Waals surface area contributed by atoms with Gasteiger partial charge in [0, 0.05) is 11.9 Å². The summed E-state index contributed by atoms with van der Waals surface area (Å²) in [5.74, 6) is 0. The van der Waals surface area contributed by atoms with Gasteiger partial charge in [-0.3, -0.25) is 0 Å². The summed E-state index contributed by atoms with van der Waals surface area (Å²) in [4.78, 5) is 0. The first kappa shape index (κ1) is 15.5. The van der Waals surface area contributed by atoms with Crippen molar-refractivity contribution in [1.82, 2.24) is 9.78 Å². The first-order valence-corrected chi connectivity index (χ1v) is 3.45. The molecule has 10 heteroatoms. The van der Waals surface area contributed by atoms with Crippen LogP contribution in [0.2, 0.25) is 0 Å². The normalized spacial score (nSPS) is 12.5. The van der Waals surface area contributed by atoms with Crippen molar-refractivity contribution >= 4 is 12.4 Å². The molecule has 0 aromatic carbocycles. The van der Waals surface area contributed by atoms with E-state index in [2.05, 4.69) is 5.10 Å². The van der Waals surface area contributed by atoms with Gasteiger partial charge in [0.15, 0.2) is 0 Å². The van der Waals surface area contributed by atoms with Gasteiger partial charge in [0.25, 0.3) is 0 Å². The topological polar surface area (TPSA) is 17.8 Å². The van der Waals surface area contributed by atoms with Crippen LogP contribution >= 0.6 is 0 Å². The van der Waals surface area contributed by atoms with Gasteiger partial charge >= 0.3 is 64.7 Å². The van der Waals surface area contributed by atoms with Crippen LogP contribution in [-0.2, 0) is 6.30 Å². The van der Waals surface area contributed by atoms with Crippen molar-refractivity contribution in [2.45, 2.75) is 13.2 Å². The molecule has 0 spiro atoms. The van der Waals surface area contributed by atoms with E-state index in [1.165, 1.54) is 0 Å². The molecule has 1 aromatic rings. The van der Waals surface area contributed by atoms with Gasteiger partial charge in [-0.05, 0) is 6.92 Å². The maximum absolute atomic E-state index is 12.1. The molecule has 0 radical (unpaired) electrons. The molecule has 0 amide bonds. The zero-order chi connectivity index (χ0) is 11.1. The van der Waals surface area contributed by atoms with E-state index in [1.807, 2.05) is 0 Å². The predicted molar refractivity (Wildman–Crippen MR) is 37.0 cm³/mol. The molecule has 0 aliphatic carbocycles. The van der Waals surface area contributed by atoms with Crippen molar-refractivity contribution < 1.29 is 77.5 Å². The summed E-state index contributed by atoms with van der Waals surface area (Å²) in [6.07, 6.45) is -4.96. The van der Waals surface area contributed by atoms with Crippen molar-refractivity contribution in [2.24, 2.45) is 0 Å². The Balaban J connectivity index is 0.00000196. The Labute approximate surface area is 123 Å². The van der Waals surface area contributed by atoms with E-state index < -0.39 is 29.1 Å². The third-order valence-electron chi connectivity index (χ3n) is 1.55. The standard InChI is InChI=1S/C5H4BF6N2.K/c1-3-4(6(10,11)12)2-14(13-3)5(7,8)9;/h2H,1H3;/q-1;+1. The minimum Gasteiger partial charge on any atom is -0.445 e. The Morgan fingerprint density at radius 3 is 1.93 bits per heavy atom. The molecule has 0 saturated heterocycles. The van der Waals surface area contributed by atoms with E-state index in [1.54, 1.807) is 0 Å². The van der Waals surface area contributed by atoms with E-state index in [4.69, 9.17) is 0 Å². The fourth-order valence-electron chi connectivity index (χ4n) is 0.925. The SMILES string of the molecule is Cc1nn(C(F)(F)F)cc1[B-](F)(F)F.[K+]. The average molecular weight is 256 g/mol. The summed E-state index contributed by atoms with van der Waals surface area (Å²) in [6, 6.07) is 0. The molecule has 1 aromatic heterocycles. The van der Waals surface area contributed by atoms with Crippen LogP contribution < -0.4 is 56.8 Å². The van der Waals surface area contributed by atoms with Crippen LogP contribution in [0.25, 0.3) is 0 Å². The van der Waals surface area contributed by atoms with Crippen molar-refractivity contribution in [3.63, 3.8) is 0 Å². The molecule has 15 heavy (non-hydrogen) atoms. The van der Waals surface area contributed by atoms with Crippen molar-refractivity contribution in [3.8, 4) is 0 Å². The van der Waals surface area contributed by atoms with E-state index in [0.717, 1.165) is 6.92 Å². The van der Waals surface area contributed by atoms with Crippen molar-refractivity contribution in [1.29, 1.82) is 0 Å². The fraction of sp³-hybridized carbons (Fsp3) is 0.400. The minimum atomic E-state index is -5.45. The summed E-state index contributed by atoms with van der Waals surface area (Å²) in [6.45, 7) is -4.56. The minimum absolute atomic E-state index is 0. The van der Waals surface area contributed by atoms with Gasteiger partial charge in [-0.15, -0.1) is 13.2 Å². The van der Waals surface area contributed by atoms with Crippen LogP contribution in [0.1, 0.15) is 5.69 Å². The van der Waals surface area contributed by atoms with Gasteiger partial charge in [0.05, 0.1) is 0 Å². The molecule has 0 aliphatic rings. The van der Waals surface area contributed by atoms with Crippen LogP contribution in [0.5, 0.6) is 0 Å². The van der Waals surface area contributed by atoms with E-state index in [-0.39, 0.29) is 57.6 Å². The molecule has 0 atom stereocenters. The average Bonchev–Trinajstić information content (AvgIpc) is 2.27. The molecular formula is C5H4BF6KN2.